The van der Waals surface area contributed by atoms with Gasteiger partial charge >= 0.3 is 12.2 Å². The first-order valence-corrected chi connectivity index (χ1v) is 9.94. The minimum Gasteiger partial charge on any atom is -0.353 e. The van der Waals surface area contributed by atoms with Crippen molar-refractivity contribution in [2.75, 3.05) is 13.1 Å². The Balaban J connectivity index is 1.80. The second-order valence-corrected chi connectivity index (χ2v) is 7.91. The van der Waals surface area contributed by atoms with Crippen molar-refractivity contribution in [2.45, 2.75) is 50.9 Å². The first-order valence-electron chi connectivity index (χ1n) is 9.94. The standard InChI is InChI=1S/C20H24F5N3O2/c1-11-18(29)26-8-9-28(11)19(30)27-17(13-4-7-15(21)16(22)10-13)12-2-5-14(6-3-12)20(23,24)25/h4,7,10-12,14,17H,2-3,5-6,8-9H2,1H3,(H,26,29)(H,27,30)/t11-,12-,14-,17-/m1/s1. The van der Waals surface area contributed by atoms with Crippen LogP contribution >= 0.6 is 0 Å². The summed E-state index contributed by atoms with van der Waals surface area (Å²) in [7, 11) is 0. The number of hydrogen-bond acceptors (Lipinski definition) is 2. The molecular weight excluding hydrogens is 409 g/mol. The van der Waals surface area contributed by atoms with Crippen molar-refractivity contribution in [3.63, 3.8) is 0 Å². The predicted octanol–water partition coefficient (Wildman–Crippen LogP) is 3.90. The van der Waals surface area contributed by atoms with Gasteiger partial charge < -0.3 is 15.5 Å². The lowest BCUT2D eigenvalue weighted by molar-refractivity contribution is -0.184. The zero-order valence-corrected chi connectivity index (χ0v) is 16.4. The van der Waals surface area contributed by atoms with Gasteiger partial charge in [-0.05, 0) is 56.2 Å². The van der Waals surface area contributed by atoms with Gasteiger partial charge in [-0.2, -0.15) is 13.2 Å². The third-order valence-electron chi connectivity index (χ3n) is 6.05. The summed E-state index contributed by atoms with van der Waals surface area (Å²) in [5, 5.41) is 5.40. The molecule has 2 aliphatic rings. The topological polar surface area (TPSA) is 61.4 Å². The summed E-state index contributed by atoms with van der Waals surface area (Å²) in [6.45, 7) is 2.11. The fraction of sp³-hybridized carbons (Fsp3) is 0.600. The Morgan fingerprint density at radius 3 is 2.43 bits per heavy atom. The molecule has 3 rings (SSSR count). The Bertz CT molecular complexity index is 793. The summed E-state index contributed by atoms with van der Waals surface area (Å²) in [4.78, 5) is 26.0. The molecule has 1 aromatic rings. The average molecular weight is 433 g/mol. The van der Waals surface area contributed by atoms with Gasteiger partial charge in [0.2, 0.25) is 5.91 Å². The minimum absolute atomic E-state index is 0.0905. The fourth-order valence-electron chi connectivity index (χ4n) is 4.23. The van der Waals surface area contributed by atoms with E-state index in [9.17, 15) is 31.5 Å². The van der Waals surface area contributed by atoms with Crippen molar-refractivity contribution >= 4 is 11.9 Å². The third-order valence-corrected chi connectivity index (χ3v) is 6.05. The van der Waals surface area contributed by atoms with Crippen LogP contribution in [0.4, 0.5) is 26.7 Å². The van der Waals surface area contributed by atoms with Crippen LogP contribution in [0.2, 0.25) is 0 Å². The van der Waals surface area contributed by atoms with Crippen molar-refractivity contribution < 1.29 is 31.5 Å². The van der Waals surface area contributed by atoms with Gasteiger partial charge in [0.15, 0.2) is 11.6 Å². The molecule has 1 aromatic carbocycles. The van der Waals surface area contributed by atoms with E-state index in [0.717, 1.165) is 12.1 Å². The van der Waals surface area contributed by atoms with Crippen molar-refractivity contribution in [3.05, 3.63) is 35.4 Å². The SMILES string of the molecule is C[C@@H]1C(=O)NCCN1C(=O)N[C@@H](c1ccc(F)c(F)c1)[C@H]1CC[C@H](C(F)(F)F)CC1. The number of carbonyl (C=O) groups excluding carboxylic acids is 2. The maximum absolute atomic E-state index is 13.8. The number of halogens is 5. The second-order valence-electron chi connectivity index (χ2n) is 7.91. The van der Waals surface area contributed by atoms with Crippen LogP contribution in [0.5, 0.6) is 0 Å². The molecule has 2 N–H and O–H groups in total. The summed E-state index contributed by atoms with van der Waals surface area (Å²) < 4.78 is 66.3. The normalized spacial score (nSPS) is 26.1. The van der Waals surface area contributed by atoms with Gasteiger partial charge in [-0.3, -0.25) is 4.79 Å². The molecule has 166 valence electrons. The highest BCUT2D eigenvalue weighted by atomic mass is 19.4. The number of urea groups is 1. The van der Waals surface area contributed by atoms with E-state index < -0.39 is 41.8 Å². The van der Waals surface area contributed by atoms with Gasteiger partial charge in [0.25, 0.3) is 0 Å². The maximum atomic E-state index is 13.8. The summed E-state index contributed by atoms with van der Waals surface area (Å²) in [6.07, 6.45) is -4.09. The Morgan fingerprint density at radius 1 is 1.17 bits per heavy atom. The molecule has 10 heteroatoms. The smallest absolute Gasteiger partial charge is 0.353 e. The first kappa shape index (κ1) is 22.3. The first-order chi connectivity index (χ1) is 14.1. The van der Waals surface area contributed by atoms with E-state index >= 15 is 0 Å². The van der Waals surface area contributed by atoms with Crippen LogP contribution in [0.3, 0.4) is 0 Å². The van der Waals surface area contributed by atoms with E-state index in [1.165, 1.54) is 11.0 Å². The van der Waals surface area contributed by atoms with Crippen LogP contribution in [0, 0.1) is 23.5 Å². The average Bonchev–Trinajstić information content (AvgIpc) is 2.69. The van der Waals surface area contributed by atoms with Gasteiger partial charge in [-0.25, -0.2) is 13.6 Å². The molecule has 1 aliphatic heterocycles. The monoisotopic (exact) mass is 433 g/mol. The molecule has 2 fully saturated rings. The van der Waals surface area contributed by atoms with Gasteiger partial charge in [0, 0.05) is 13.1 Å². The van der Waals surface area contributed by atoms with E-state index in [-0.39, 0.29) is 56.2 Å². The molecule has 1 saturated carbocycles. The molecule has 0 radical (unpaired) electrons. The van der Waals surface area contributed by atoms with Crippen LogP contribution in [0.25, 0.3) is 0 Å². The number of nitrogens with one attached hydrogen (secondary N) is 2. The lowest BCUT2D eigenvalue weighted by atomic mass is 9.76. The van der Waals surface area contributed by atoms with Gasteiger partial charge in [-0.1, -0.05) is 6.07 Å². The van der Waals surface area contributed by atoms with Gasteiger partial charge in [0.05, 0.1) is 12.0 Å². The quantitative estimate of drug-likeness (QED) is 0.711. The second kappa shape index (κ2) is 8.77. The Morgan fingerprint density at radius 2 is 1.83 bits per heavy atom. The third kappa shape index (κ3) is 4.84. The van der Waals surface area contributed by atoms with E-state index in [4.69, 9.17) is 0 Å². The van der Waals surface area contributed by atoms with Crippen LogP contribution in [-0.4, -0.2) is 42.1 Å². The predicted molar refractivity (Wildman–Crippen MR) is 98.3 cm³/mol. The minimum atomic E-state index is -4.28. The number of nitrogens with zero attached hydrogens (tertiary/aromatic N) is 1. The number of alkyl halides is 3. The molecule has 0 bridgehead atoms. The molecule has 5 nitrogen and oxygen atoms in total. The molecule has 0 spiro atoms. The molecule has 1 heterocycles. The fourth-order valence-corrected chi connectivity index (χ4v) is 4.23. The summed E-state index contributed by atoms with van der Waals surface area (Å²) in [6, 6.07) is 1.14. The summed E-state index contributed by atoms with van der Waals surface area (Å²) in [5.74, 6) is -4.23. The Hall–Kier alpha value is -2.39. The number of piperazine rings is 1. The molecule has 0 aromatic heterocycles. The number of rotatable bonds is 3. The lowest BCUT2D eigenvalue weighted by Crippen LogP contribution is -2.58. The van der Waals surface area contributed by atoms with Crippen LogP contribution < -0.4 is 10.6 Å². The van der Waals surface area contributed by atoms with Crippen molar-refractivity contribution in [3.8, 4) is 0 Å². The van der Waals surface area contributed by atoms with Crippen molar-refractivity contribution in [1.82, 2.24) is 15.5 Å². The molecule has 0 unspecified atom stereocenters. The van der Waals surface area contributed by atoms with Crippen LogP contribution in [0.15, 0.2) is 18.2 Å². The largest absolute Gasteiger partial charge is 0.391 e. The summed E-state index contributed by atoms with van der Waals surface area (Å²) >= 11 is 0. The van der Waals surface area contributed by atoms with Crippen LogP contribution in [0.1, 0.15) is 44.2 Å². The molecule has 30 heavy (non-hydrogen) atoms. The molecule has 1 aliphatic carbocycles. The highest BCUT2D eigenvalue weighted by Gasteiger charge is 2.43. The van der Waals surface area contributed by atoms with E-state index in [1.54, 1.807) is 6.92 Å². The summed E-state index contributed by atoms with van der Waals surface area (Å²) in [5.41, 5.74) is 0.284. The van der Waals surface area contributed by atoms with E-state index in [1.807, 2.05) is 0 Å². The number of amides is 3. The number of carbonyl (C=O) groups is 2. The lowest BCUT2D eigenvalue weighted by Gasteiger charge is -2.38. The van der Waals surface area contributed by atoms with E-state index in [2.05, 4.69) is 10.6 Å². The molecular formula is C20H24F5N3O2. The van der Waals surface area contributed by atoms with Crippen LogP contribution in [-0.2, 0) is 4.79 Å². The molecule has 3 amide bonds. The zero-order chi connectivity index (χ0) is 22.1. The maximum Gasteiger partial charge on any atom is 0.391 e. The van der Waals surface area contributed by atoms with E-state index in [0.29, 0.717) is 0 Å². The van der Waals surface area contributed by atoms with Gasteiger partial charge in [0.1, 0.15) is 6.04 Å². The molecule has 2 atom stereocenters. The highest BCUT2D eigenvalue weighted by Crippen LogP contribution is 2.43. The van der Waals surface area contributed by atoms with Crippen molar-refractivity contribution in [2.24, 2.45) is 11.8 Å². The Labute approximate surface area is 171 Å². The van der Waals surface area contributed by atoms with Gasteiger partial charge in [-0.15, -0.1) is 0 Å². The molecule has 1 saturated heterocycles. The zero-order valence-electron chi connectivity index (χ0n) is 16.4. The number of benzene rings is 1. The highest BCUT2D eigenvalue weighted by molar-refractivity contribution is 5.88. The Kier molecular flexibility index (Phi) is 6.52. The number of hydrogen-bond donors (Lipinski definition) is 2. The van der Waals surface area contributed by atoms with Crippen molar-refractivity contribution in [1.29, 1.82) is 0 Å².